The molecule has 1 unspecified atom stereocenters. The molecule has 3 nitrogen and oxygen atoms in total. The third kappa shape index (κ3) is 3.43. The molecule has 2 aromatic rings. The lowest BCUT2D eigenvalue weighted by Crippen LogP contribution is -2.13. The van der Waals surface area contributed by atoms with Gasteiger partial charge in [-0.3, -0.25) is 4.79 Å². The normalized spacial score (nSPS) is 11.9. The molecule has 19 heavy (non-hydrogen) atoms. The molecule has 4 heteroatoms. The van der Waals surface area contributed by atoms with Crippen LogP contribution in [0.15, 0.2) is 53.0 Å². The van der Waals surface area contributed by atoms with Crippen LogP contribution in [0.1, 0.15) is 28.9 Å². The third-order valence-electron chi connectivity index (χ3n) is 2.75. The van der Waals surface area contributed by atoms with E-state index in [4.69, 9.17) is 0 Å². The van der Waals surface area contributed by atoms with Crippen LogP contribution >= 0.6 is 15.9 Å². The van der Waals surface area contributed by atoms with E-state index in [1.54, 1.807) is 37.3 Å². The van der Waals surface area contributed by atoms with E-state index in [0.29, 0.717) is 16.8 Å². The Kier molecular flexibility index (Phi) is 4.35. The molecule has 0 spiro atoms. The molecular formula is C15H14BrNO2. The minimum Gasteiger partial charge on any atom is -0.389 e. The first-order chi connectivity index (χ1) is 9.08. The third-order valence-corrected chi connectivity index (χ3v) is 3.24. The Morgan fingerprint density at radius 3 is 2.63 bits per heavy atom. The molecule has 1 atom stereocenters. The van der Waals surface area contributed by atoms with Crippen molar-refractivity contribution in [1.82, 2.24) is 0 Å². The van der Waals surface area contributed by atoms with Crippen LogP contribution < -0.4 is 5.32 Å². The van der Waals surface area contributed by atoms with Crippen LogP contribution in [-0.4, -0.2) is 11.0 Å². The maximum Gasteiger partial charge on any atom is 0.255 e. The molecule has 2 aromatic carbocycles. The zero-order valence-corrected chi connectivity index (χ0v) is 12.0. The Morgan fingerprint density at radius 1 is 1.21 bits per heavy atom. The smallest absolute Gasteiger partial charge is 0.255 e. The van der Waals surface area contributed by atoms with Crippen LogP contribution in [0.4, 0.5) is 5.69 Å². The Bertz CT molecular complexity index is 596. The van der Waals surface area contributed by atoms with Crippen molar-refractivity contribution >= 4 is 27.5 Å². The first-order valence-corrected chi connectivity index (χ1v) is 6.71. The molecule has 0 saturated carbocycles. The number of rotatable bonds is 3. The summed E-state index contributed by atoms with van der Waals surface area (Å²) in [5.74, 6) is -0.200. The van der Waals surface area contributed by atoms with E-state index >= 15 is 0 Å². The van der Waals surface area contributed by atoms with Crippen molar-refractivity contribution in [2.75, 3.05) is 5.32 Å². The number of amides is 1. The Morgan fingerprint density at radius 2 is 1.95 bits per heavy atom. The first kappa shape index (κ1) is 13.8. The number of para-hydroxylation sites is 1. The summed E-state index contributed by atoms with van der Waals surface area (Å²) in [4.78, 5) is 12.1. The zero-order chi connectivity index (χ0) is 13.8. The summed E-state index contributed by atoms with van der Waals surface area (Å²) >= 11 is 3.33. The second-order valence-corrected chi connectivity index (χ2v) is 5.14. The number of carbonyl (C=O) groups excluding carboxylic acids is 1. The molecule has 0 aliphatic heterocycles. The molecule has 0 bridgehead atoms. The average molecular weight is 320 g/mol. The summed E-state index contributed by atoms with van der Waals surface area (Å²) < 4.78 is 0.851. The first-order valence-electron chi connectivity index (χ1n) is 5.92. The largest absolute Gasteiger partial charge is 0.389 e. The molecule has 0 saturated heterocycles. The number of hydrogen-bond donors (Lipinski definition) is 2. The minimum atomic E-state index is -0.626. The summed E-state index contributed by atoms with van der Waals surface area (Å²) in [6, 6.07) is 14.4. The van der Waals surface area contributed by atoms with E-state index in [2.05, 4.69) is 21.2 Å². The lowest BCUT2D eigenvalue weighted by Gasteiger charge is -2.13. The van der Waals surface area contributed by atoms with Gasteiger partial charge in [-0.1, -0.05) is 40.2 Å². The lowest BCUT2D eigenvalue weighted by atomic mass is 10.1. The van der Waals surface area contributed by atoms with Gasteiger partial charge in [-0.2, -0.15) is 0 Å². The van der Waals surface area contributed by atoms with Crippen molar-refractivity contribution in [3.63, 3.8) is 0 Å². The number of hydrogen-bond acceptors (Lipinski definition) is 2. The molecule has 0 aromatic heterocycles. The van der Waals surface area contributed by atoms with Gasteiger partial charge in [0.1, 0.15) is 0 Å². The highest BCUT2D eigenvalue weighted by molar-refractivity contribution is 9.10. The predicted molar refractivity (Wildman–Crippen MR) is 79.2 cm³/mol. The summed E-state index contributed by atoms with van der Waals surface area (Å²) in [6.07, 6.45) is -0.626. The van der Waals surface area contributed by atoms with Crippen molar-refractivity contribution in [2.45, 2.75) is 13.0 Å². The van der Waals surface area contributed by atoms with Gasteiger partial charge in [-0.05, 0) is 31.2 Å². The van der Waals surface area contributed by atoms with Crippen molar-refractivity contribution in [1.29, 1.82) is 0 Å². The molecule has 98 valence electrons. The topological polar surface area (TPSA) is 49.3 Å². The summed E-state index contributed by atoms with van der Waals surface area (Å²) in [5, 5.41) is 12.5. The number of aliphatic hydroxyl groups is 1. The van der Waals surface area contributed by atoms with E-state index in [9.17, 15) is 9.90 Å². The van der Waals surface area contributed by atoms with Crippen LogP contribution in [0, 0.1) is 0 Å². The Balaban J connectivity index is 2.24. The molecule has 1 amide bonds. The second-order valence-electron chi connectivity index (χ2n) is 4.23. The van der Waals surface area contributed by atoms with Crippen molar-refractivity contribution < 1.29 is 9.90 Å². The van der Waals surface area contributed by atoms with Crippen LogP contribution in [0.25, 0.3) is 0 Å². The fourth-order valence-electron chi connectivity index (χ4n) is 1.80. The highest BCUT2D eigenvalue weighted by Crippen LogP contribution is 2.23. The molecule has 0 fully saturated rings. The fraction of sp³-hybridized carbons (Fsp3) is 0.133. The van der Waals surface area contributed by atoms with E-state index in [1.807, 2.05) is 18.2 Å². The maximum atomic E-state index is 12.1. The lowest BCUT2D eigenvalue weighted by molar-refractivity contribution is 0.102. The average Bonchev–Trinajstić information content (AvgIpc) is 2.39. The van der Waals surface area contributed by atoms with E-state index in [0.717, 1.165) is 4.47 Å². The molecule has 0 aliphatic carbocycles. The number of anilines is 1. The van der Waals surface area contributed by atoms with Gasteiger partial charge in [0.2, 0.25) is 0 Å². The SMILES string of the molecule is CC(O)c1ccccc1NC(=O)c1cccc(Br)c1. The van der Waals surface area contributed by atoms with Gasteiger partial charge in [-0.25, -0.2) is 0 Å². The van der Waals surface area contributed by atoms with Crippen LogP contribution in [-0.2, 0) is 0 Å². The molecule has 0 aliphatic rings. The molecular weight excluding hydrogens is 306 g/mol. The van der Waals surface area contributed by atoms with Gasteiger partial charge in [0.15, 0.2) is 0 Å². The zero-order valence-electron chi connectivity index (χ0n) is 10.4. The highest BCUT2D eigenvalue weighted by atomic mass is 79.9. The fourth-order valence-corrected chi connectivity index (χ4v) is 2.20. The van der Waals surface area contributed by atoms with Crippen molar-refractivity contribution in [3.8, 4) is 0 Å². The number of benzene rings is 2. The van der Waals surface area contributed by atoms with Crippen LogP contribution in [0.3, 0.4) is 0 Å². The molecule has 0 heterocycles. The van der Waals surface area contributed by atoms with Gasteiger partial charge >= 0.3 is 0 Å². The van der Waals surface area contributed by atoms with Crippen LogP contribution in [0.2, 0.25) is 0 Å². The Hall–Kier alpha value is -1.65. The number of halogens is 1. The van der Waals surface area contributed by atoms with Gasteiger partial charge in [0.05, 0.1) is 6.10 Å². The summed E-state index contributed by atoms with van der Waals surface area (Å²) in [5.41, 5.74) is 1.89. The number of aliphatic hydroxyl groups excluding tert-OH is 1. The summed E-state index contributed by atoms with van der Waals surface area (Å²) in [6.45, 7) is 1.67. The Labute approximate surface area is 120 Å². The van der Waals surface area contributed by atoms with Crippen molar-refractivity contribution in [3.05, 3.63) is 64.1 Å². The standard InChI is InChI=1S/C15H14BrNO2/c1-10(18)13-7-2-3-8-14(13)17-15(19)11-5-4-6-12(16)9-11/h2-10,18H,1H3,(H,17,19). The quantitative estimate of drug-likeness (QED) is 0.905. The molecule has 2 rings (SSSR count). The van der Waals surface area contributed by atoms with Gasteiger partial charge in [-0.15, -0.1) is 0 Å². The van der Waals surface area contributed by atoms with E-state index < -0.39 is 6.10 Å². The molecule has 0 radical (unpaired) electrons. The van der Waals surface area contributed by atoms with E-state index in [1.165, 1.54) is 0 Å². The number of carbonyl (C=O) groups is 1. The predicted octanol–water partition coefficient (Wildman–Crippen LogP) is 3.75. The highest BCUT2D eigenvalue weighted by Gasteiger charge is 2.11. The van der Waals surface area contributed by atoms with Gasteiger partial charge < -0.3 is 10.4 Å². The molecule has 2 N–H and O–H groups in total. The van der Waals surface area contributed by atoms with E-state index in [-0.39, 0.29) is 5.91 Å². The second kappa shape index (κ2) is 5.99. The van der Waals surface area contributed by atoms with Gasteiger partial charge in [0.25, 0.3) is 5.91 Å². The monoisotopic (exact) mass is 319 g/mol. The summed E-state index contributed by atoms with van der Waals surface area (Å²) in [7, 11) is 0. The van der Waals surface area contributed by atoms with Crippen LogP contribution in [0.5, 0.6) is 0 Å². The maximum absolute atomic E-state index is 12.1. The minimum absolute atomic E-state index is 0.200. The van der Waals surface area contributed by atoms with Gasteiger partial charge in [0, 0.05) is 21.3 Å². The number of nitrogens with one attached hydrogen (secondary N) is 1. The van der Waals surface area contributed by atoms with Crippen molar-refractivity contribution in [2.24, 2.45) is 0 Å².